The van der Waals surface area contributed by atoms with Crippen LogP contribution in [0, 0.1) is 6.92 Å². The number of hydrogen-bond acceptors (Lipinski definition) is 4. The van der Waals surface area contributed by atoms with Gasteiger partial charge in [-0.3, -0.25) is 9.89 Å². The zero-order chi connectivity index (χ0) is 13.8. The fraction of sp³-hybridized carbons (Fsp3) is 0.182. The molecular formula is C11H10Cl2N4OS. The predicted molar refractivity (Wildman–Crippen MR) is 76.9 cm³/mol. The second-order valence-electron chi connectivity index (χ2n) is 3.66. The summed E-state index contributed by atoms with van der Waals surface area (Å²) in [6.07, 6.45) is 0. The zero-order valence-electron chi connectivity index (χ0n) is 9.91. The number of nitrogens with one attached hydrogen (secondary N) is 2. The summed E-state index contributed by atoms with van der Waals surface area (Å²) >= 11 is 13.0. The number of nitrogens with zero attached hydrogens (tertiary/aromatic N) is 2. The summed E-state index contributed by atoms with van der Waals surface area (Å²) in [6, 6.07) is 4.89. The number of aromatic amines is 1. The monoisotopic (exact) mass is 316 g/mol. The fourth-order valence-corrected chi connectivity index (χ4v) is 2.28. The number of thioether (sulfide) groups is 1. The van der Waals surface area contributed by atoms with E-state index >= 15 is 0 Å². The van der Waals surface area contributed by atoms with Gasteiger partial charge in [-0.2, -0.15) is 0 Å². The van der Waals surface area contributed by atoms with Crippen LogP contribution in [0.4, 0.5) is 5.69 Å². The molecule has 1 heterocycles. The Morgan fingerprint density at radius 2 is 2.26 bits per heavy atom. The highest BCUT2D eigenvalue weighted by Gasteiger charge is 2.09. The van der Waals surface area contributed by atoms with Crippen LogP contribution in [0.1, 0.15) is 5.82 Å². The van der Waals surface area contributed by atoms with Gasteiger partial charge in [0.15, 0.2) is 0 Å². The number of carbonyl (C=O) groups excluding carboxylic acids is 1. The molecule has 2 N–H and O–H groups in total. The first kappa shape index (κ1) is 14.2. The van der Waals surface area contributed by atoms with E-state index in [1.807, 2.05) is 0 Å². The summed E-state index contributed by atoms with van der Waals surface area (Å²) in [5.41, 5.74) is 0.492. The Morgan fingerprint density at radius 1 is 1.47 bits per heavy atom. The highest BCUT2D eigenvalue weighted by atomic mass is 35.5. The molecule has 0 bridgehead atoms. The lowest BCUT2D eigenvalue weighted by Crippen LogP contribution is -2.14. The summed E-state index contributed by atoms with van der Waals surface area (Å²) in [5, 5.41) is 10.8. The molecule has 100 valence electrons. The van der Waals surface area contributed by atoms with Crippen LogP contribution >= 0.6 is 35.0 Å². The van der Waals surface area contributed by atoms with Gasteiger partial charge >= 0.3 is 0 Å². The maximum Gasteiger partial charge on any atom is 0.234 e. The summed E-state index contributed by atoms with van der Waals surface area (Å²) in [5.74, 6) is 0.706. The third-order valence-corrected chi connectivity index (χ3v) is 3.52. The molecule has 19 heavy (non-hydrogen) atoms. The Balaban J connectivity index is 1.92. The molecule has 0 aliphatic carbocycles. The number of H-pyrrole nitrogens is 1. The van der Waals surface area contributed by atoms with E-state index in [1.165, 1.54) is 11.8 Å². The van der Waals surface area contributed by atoms with E-state index in [4.69, 9.17) is 23.2 Å². The maximum absolute atomic E-state index is 11.8. The lowest BCUT2D eigenvalue weighted by atomic mass is 10.3. The number of halogens is 2. The van der Waals surface area contributed by atoms with Crippen molar-refractivity contribution in [3.8, 4) is 0 Å². The van der Waals surface area contributed by atoms with Crippen LogP contribution < -0.4 is 5.32 Å². The van der Waals surface area contributed by atoms with Crippen molar-refractivity contribution in [2.24, 2.45) is 0 Å². The summed E-state index contributed by atoms with van der Waals surface area (Å²) in [6.45, 7) is 1.79. The summed E-state index contributed by atoms with van der Waals surface area (Å²) < 4.78 is 0. The largest absolute Gasteiger partial charge is 0.324 e. The molecule has 0 radical (unpaired) electrons. The normalized spacial score (nSPS) is 10.5. The quantitative estimate of drug-likeness (QED) is 0.850. The number of anilines is 1. The lowest BCUT2D eigenvalue weighted by Gasteiger charge is -2.06. The van der Waals surface area contributed by atoms with Crippen molar-refractivity contribution in [2.75, 3.05) is 11.1 Å². The second kappa shape index (κ2) is 6.27. The standard InChI is InChI=1S/C11H10Cl2N4OS/c1-6-14-11(17-16-6)19-5-10(18)15-9-4-7(12)2-3-8(9)13/h2-4H,5H2,1H3,(H,15,18)(H,14,16,17). The molecule has 1 aromatic heterocycles. The fourth-order valence-electron chi connectivity index (χ4n) is 1.30. The van der Waals surface area contributed by atoms with Crippen molar-refractivity contribution in [1.82, 2.24) is 15.2 Å². The van der Waals surface area contributed by atoms with Crippen molar-refractivity contribution in [3.63, 3.8) is 0 Å². The van der Waals surface area contributed by atoms with Gasteiger partial charge < -0.3 is 5.32 Å². The van der Waals surface area contributed by atoms with Crippen LogP contribution in [0.5, 0.6) is 0 Å². The molecule has 2 aromatic rings. The third kappa shape index (κ3) is 4.12. The minimum absolute atomic E-state index is 0.195. The first-order valence-corrected chi connectivity index (χ1v) is 7.05. The predicted octanol–water partition coefficient (Wildman–Crippen LogP) is 3.15. The molecule has 1 aromatic carbocycles. The average molecular weight is 317 g/mol. The molecule has 5 nitrogen and oxygen atoms in total. The molecule has 8 heteroatoms. The van der Waals surface area contributed by atoms with E-state index < -0.39 is 0 Å². The van der Waals surface area contributed by atoms with E-state index in [-0.39, 0.29) is 11.7 Å². The van der Waals surface area contributed by atoms with Crippen molar-refractivity contribution in [1.29, 1.82) is 0 Å². The van der Waals surface area contributed by atoms with Crippen molar-refractivity contribution in [2.45, 2.75) is 12.1 Å². The SMILES string of the molecule is Cc1nc(SCC(=O)Nc2cc(Cl)ccc2Cl)n[nH]1. The van der Waals surface area contributed by atoms with Crippen molar-refractivity contribution in [3.05, 3.63) is 34.1 Å². The van der Waals surface area contributed by atoms with Gasteiger partial charge in [-0.05, 0) is 25.1 Å². The minimum Gasteiger partial charge on any atom is -0.324 e. The molecule has 0 unspecified atom stereocenters. The first-order valence-electron chi connectivity index (χ1n) is 5.31. The van der Waals surface area contributed by atoms with E-state index in [0.717, 1.165) is 0 Å². The molecule has 0 fully saturated rings. The van der Waals surface area contributed by atoms with Gasteiger partial charge in [0.2, 0.25) is 11.1 Å². The van der Waals surface area contributed by atoms with Crippen molar-refractivity contribution >= 4 is 46.6 Å². The van der Waals surface area contributed by atoms with Crippen molar-refractivity contribution < 1.29 is 4.79 Å². The number of aromatic nitrogens is 3. The number of carbonyl (C=O) groups is 1. The minimum atomic E-state index is -0.198. The van der Waals surface area contributed by atoms with E-state index in [1.54, 1.807) is 25.1 Å². The van der Waals surface area contributed by atoms with E-state index in [0.29, 0.717) is 26.7 Å². The van der Waals surface area contributed by atoms with Crippen LogP contribution in [-0.2, 0) is 4.79 Å². The smallest absolute Gasteiger partial charge is 0.234 e. The molecule has 0 saturated heterocycles. The molecular weight excluding hydrogens is 307 g/mol. The highest BCUT2D eigenvalue weighted by Crippen LogP contribution is 2.25. The number of amides is 1. The highest BCUT2D eigenvalue weighted by molar-refractivity contribution is 7.99. The number of aryl methyl sites for hydroxylation is 1. The van der Waals surface area contributed by atoms with Crippen LogP contribution in [0.3, 0.4) is 0 Å². The van der Waals surface area contributed by atoms with Gasteiger partial charge in [-0.15, -0.1) is 5.10 Å². The topological polar surface area (TPSA) is 70.7 Å². The molecule has 2 rings (SSSR count). The zero-order valence-corrected chi connectivity index (χ0v) is 12.2. The van der Waals surface area contributed by atoms with Gasteiger partial charge in [-0.25, -0.2) is 4.98 Å². The van der Waals surface area contributed by atoms with Gasteiger partial charge in [0, 0.05) is 5.02 Å². The van der Waals surface area contributed by atoms with Crippen LogP contribution in [-0.4, -0.2) is 26.8 Å². The third-order valence-electron chi connectivity index (χ3n) is 2.11. The average Bonchev–Trinajstić information content (AvgIpc) is 2.77. The van der Waals surface area contributed by atoms with Crippen LogP contribution in [0.15, 0.2) is 23.4 Å². The van der Waals surface area contributed by atoms with E-state index in [9.17, 15) is 4.79 Å². The Bertz CT molecular complexity index is 602. The van der Waals surface area contributed by atoms with Crippen LogP contribution in [0.2, 0.25) is 10.0 Å². The van der Waals surface area contributed by atoms with Gasteiger partial charge in [0.1, 0.15) is 5.82 Å². The van der Waals surface area contributed by atoms with Crippen LogP contribution in [0.25, 0.3) is 0 Å². The first-order chi connectivity index (χ1) is 9.04. The molecule has 1 amide bonds. The summed E-state index contributed by atoms with van der Waals surface area (Å²) in [7, 11) is 0. The Labute approximate surface area is 124 Å². The number of rotatable bonds is 4. The lowest BCUT2D eigenvalue weighted by molar-refractivity contribution is -0.113. The molecule has 0 atom stereocenters. The summed E-state index contributed by atoms with van der Waals surface area (Å²) in [4.78, 5) is 15.8. The maximum atomic E-state index is 11.8. The van der Waals surface area contributed by atoms with Gasteiger partial charge in [0.25, 0.3) is 0 Å². The Hall–Kier alpha value is -1.24. The Kier molecular flexibility index (Phi) is 4.68. The molecule has 0 aliphatic heterocycles. The number of benzene rings is 1. The second-order valence-corrected chi connectivity index (χ2v) is 5.45. The van der Waals surface area contributed by atoms with Gasteiger partial charge in [-0.1, -0.05) is 35.0 Å². The molecule has 0 spiro atoms. The van der Waals surface area contributed by atoms with E-state index in [2.05, 4.69) is 20.5 Å². The number of hydrogen-bond donors (Lipinski definition) is 2. The molecule has 0 aliphatic rings. The molecule has 0 saturated carbocycles. The van der Waals surface area contributed by atoms with Gasteiger partial charge in [0.05, 0.1) is 16.5 Å². The Morgan fingerprint density at radius 3 is 2.95 bits per heavy atom.